The zero-order chi connectivity index (χ0) is 24.8. The van der Waals surface area contributed by atoms with E-state index in [9.17, 15) is 14.7 Å². The number of nitrogens with two attached hydrogens (primary N) is 1. The second-order valence-electron chi connectivity index (χ2n) is 8.92. The number of amides is 2. The van der Waals surface area contributed by atoms with Crippen LogP contribution in [0.4, 0.5) is 0 Å². The van der Waals surface area contributed by atoms with Gasteiger partial charge in [-0.15, -0.1) is 0 Å². The number of aliphatic hydroxyl groups excluding tert-OH is 1. The SMILES string of the molecule is CNC1=C(C(=N)N2CCN(C(=O)[C@H](CNCCC(N)=O)c3ccc(Cl)cc3)CC2)[C@H](C)C[C@@H]1O. The average molecular weight is 491 g/mol. The van der Waals surface area contributed by atoms with Crippen LogP contribution in [0, 0.1) is 11.3 Å². The third kappa shape index (κ3) is 6.08. The lowest BCUT2D eigenvalue weighted by Gasteiger charge is -2.38. The van der Waals surface area contributed by atoms with E-state index in [1.54, 1.807) is 19.2 Å². The lowest BCUT2D eigenvalue weighted by Crippen LogP contribution is -2.52. The number of carbonyl (C=O) groups excluding carboxylic acids is 2. The maximum absolute atomic E-state index is 13.5. The molecule has 0 radical (unpaired) electrons. The summed E-state index contributed by atoms with van der Waals surface area (Å²) in [6.07, 6.45) is 0.248. The minimum Gasteiger partial charge on any atom is -0.389 e. The largest absolute Gasteiger partial charge is 0.389 e. The Labute approximate surface area is 205 Å². The fourth-order valence-electron chi connectivity index (χ4n) is 4.72. The number of nitrogens with one attached hydrogen (secondary N) is 3. The van der Waals surface area contributed by atoms with Crippen LogP contribution < -0.4 is 16.4 Å². The molecule has 9 nitrogen and oxygen atoms in total. The Morgan fingerprint density at radius 1 is 1.21 bits per heavy atom. The van der Waals surface area contributed by atoms with E-state index in [4.69, 9.17) is 22.7 Å². The Kier molecular flexibility index (Phi) is 8.93. The maximum atomic E-state index is 13.5. The summed E-state index contributed by atoms with van der Waals surface area (Å²) in [5, 5.41) is 25.9. The van der Waals surface area contributed by atoms with Crippen LogP contribution in [0.15, 0.2) is 35.5 Å². The first kappa shape index (κ1) is 26.0. The van der Waals surface area contributed by atoms with Crippen molar-refractivity contribution in [2.75, 3.05) is 46.3 Å². The van der Waals surface area contributed by atoms with Crippen molar-refractivity contribution in [3.63, 3.8) is 0 Å². The molecule has 1 fully saturated rings. The second-order valence-corrected chi connectivity index (χ2v) is 9.35. The summed E-state index contributed by atoms with van der Waals surface area (Å²) < 4.78 is 0. The number of aliphatic hydroxyl groups is 1. The molecule has 0 aromatic heterocycles. The summed E-state index contributed by atoms with van der Waals surface area (Å²) in [6.45, 7) is 4.94. The molecule has 3 rings (SSSR count). The zero-order valence-corrected chi connectivity index (χ0v) is 20.6. The first-order chi connectivity index (χ1) is 16.2. The van der Waals surface area contributed by atoms with Gasteiger partial charge in [0, 0.05) is 69.0 Å². The normalized spacial score (nSPS) is 21.5. The topological polar surface area (TPSA) is 135 Å². The van der Waals surface area contributed by atoms with E-state index in [1.165, 1.54) is 0 Å². The highest BCUT2D eigenvalue weighted by Crippen LogP contribution is 2.32. The van der Waals surface area contributed by atoms with E-state index in [0.29, 0.717) is 56.5 Å². The van der Waals surface area contributed by atoms with Gasteiger partial charge >= 0.3 is 0 Å². The van der Waals surface area contributed by atoms with Crippen LogP contribution in [0.5, 0.6) is 0 Å². The van der Waals surface area contributed by atoms with Crippen LogP contribution in [0.1, 0.15) is 31.2 Å². The molecule has 1 aliphatic carbocycles. The Hall–Kier alpha value is -2.62. The van der Waals surface area contributed by atoms with Crippen molar-refractivity contribution in [1.82, 2.24) is 20.4 Å². The molecular formula is C24H35ClN6O3. The summed E-state index contributed by atoms with van der Waals surface area (Å²) in [4.78, 5) is 28.3. The average Bonchev–Trinajstić information content (AvgIpc) is 3.11. The Morgan fingerprint density at radius 2 is 1.82 bits per heavy atom. The maximum Gasteiger partial charge on any atom is 0.231 e. The first-order valence-corrected chi connectivity index (χ1v) is 12.1. The summed E-state index contributed by atoms with van der Waals surface area (Å²) >= 11 is 6.03. The molecule has 1 aromatic carbocycles. The molecule has 10 heteroatoms. The number of benzene rings is 1. The number of hydrogen-bond donors (Lipinski definition) is 5. The fraction of sp³-hybridized carbons (Fsp3) is 0.542. The number of nitrogens with zero attached hydrogens (tertiary/aromatic N) is 2. The van der Waals surface area contributed by atoms with Gasteiger partial charge in [0.15, 0.2) is 0 Å². The van der Waals surface area contributed by atoms with Crippen molar-refractivity contribution in [1.29, 1.82) is 5.41 Å². The zero-order valence-electron chi connectivity index (χ0n) is 19.8. The van der Waals surface area contributed by atoms with Crippen LogP contribution in [-0.2, 0) is 9.59 Å². The number of hydrogen-bond acceptors (Lipinski definition) is 6. The number of rotatable bonds is 9. The summed E-state index contributed by atoms with van der Waals surface area (Å²) in [6, 6.07) is 7.24. The van der Waals surface area contributed by atoms with Crippen LogP contribution in [0.25, 0.3) is 0 Å². The van der Waals surface area contributed by atoms with Crippen molar-refractivity contribution in [3.8, 4) is 0 Å². The van der Waals surface area contributed by atoms with Crippen molar-refractivity contribution < 1.29 is 14.7 Å². The van der Waals surface area contributed by atoms with Crippen LogP contribution >= 0.6 is 11.6 Å². The van der Waals surface area contributed by atoms with E-state index < -0.39 is 12.0 Å². The van der Waals surface area contributed by atoms with E-state index in [-0.39, 0.29) is 24.2 Å². The van der Waals surface area contributed by atoms with Gasteiger partial charge in [-0.2, -0.15) is 0 Å². The Balaban J connectivity index is 1.66. The highest BCUT2D eigenvalue weighted by atomic mass is 35.5. The lowest BCUT2D eigenvalue weighted by atomic mass is 9.96. The molecular weight excluding hydrogens is 456 g/mol. The molecule has 2 aliphatic rings. The van der Waals surface area contributed by atoms with E-state index >= 15 is 0 Å². The van der Waals surface area contributed by atoms with E-state index in [1.807, 2.05) is 28.9 Å². The molecule has 1 aliphatic heterocycles. The van der Waals surface area contributed by atoms with Gasteiger partial charge in [-0.05, 0) is 30.0 Å². The van der Waals surface area contributed by atoms with E-state index in [2.05, 4.69) is 10.6 Å². The summed E-state index contributed by atoms with van der Waals surface area (Å²) in [5.41, 5.74) is 7.65. The number of piperazine rings is 1. The predicted molar refractivity (Wildman–Crippen MR) is 133 cm³/mol. The molecule has 1 heterocycles. The Morgan fingerprint density at radius 3 is 2.41 bits per heavy atom. The molecule has 1 aromatic rings. The third-order valence-electron chi connectivity index (χ3n) is 6.59. The molecule has 186 valence electrons. The number of primary amides is 1. The van der Waals surface area contributed by atoms with Crippen molar-refractivity contribution >= 4 is 29.3 Å². The minimum absolute atomic E-state index is 0.000126. The van der Waals surface area contributed by atoms with Gasteiger partial charge in [0.1, 0.15) is 5.84 Å². The van der Waals surface area contributed by atoms with Gasteiger partial charge in [0.25, 0.3) is 0 Å². The third-order valence-corrected chi connectivity index (χ3v) is 6.84. The fourth-order valence-corrected chi connectivity index (χ4v) is 4.85. The van der Waals surface area contributed by atoms with Gasteiger partial charge in [0.2, 0.25) is 11.8 Å². The van der Waals surface area contributed by atoms with Gasteiger partial charge in [0.05, 0.1) is 12.0 Å². The molecule has 0 bridgehead atoms. The monoisotopic (exact) mass is 490 g/mol. The molecule has 34 heavy (non-hydrogen) atoms. The first-order valence-electron chi connectivity index (χ1n) is 11.7. The number of halogens is 1. The standard InChI is InChI=1S/C24H35ClN6O3/c1-15-13-19(32)22(28-2)21(15)23(27)30-9-11-31(12-10-30)24(34)18(14-29-8-7-20(26)33)16-3-5-17(25)6-4-16/h3-6,15,18-19,27-29,32H,7-14H2,1-2H3,(H2,26,33)/t15-,18-,19+/m1/s1. The molecule has 2 amide bonds. The molecule has 0 spiro atoms. The molecule has 0 saturated carbocycles. The van der Waals surface area contributed by atoms with Gasteiger partial charge in [-0.25, -0.2) is 0 Å². The highest BCUT2D eigenvalue weighted by Gasteiger charge is 2.35. The van der Waals surface area contributed by atoms with Crippen LogP contribution in [0.3, 0.4) is 0 Å². The minimum atomic E-state index is -0.569. The number of carbonyl (C=O) groups is 2. The van der Waals surface area contributed by atoms with Gasteiger partial charge < -0.3 is 31.3 Å². The van der Waals surface area contributed by atoms with Crippen molar-refractivity contribution in [2.45, 2.75) is 31.8 Å². The number of amidine groups is 1. The molecule has 3 atom stereocenters. The van der Waals surface area contributed by atoms with Crippen molar-refractivity contribution in [2.24, 2.45) is 11.7 Å². The van der Waals surface area contributed by atoms with Crippen LogP contribution in [0.2, 0.25) is 5.02 Å². The van der Waals surface area contributed by atoms with Crippen LogP contribution in [-0.4, -0.2) is 85.0 Å². The predicted octanol–water partition coefficient (Wildman–Crippen LogP) is 0.884. The second kappa shape index (κ2) is 11.7. The quantitative estimate of drug-likeness (QED) is 0.198. The van der Waals surface area contributed by atoms with Gasteiger partial charge in [-0.3, -0.25) is 15.0 Å². The van der Waals surface area contributed by atoms with Crippen molar-refractivity contribution in [3.05, 3.63) is 46.1 Å². The Bertz CT molecular complexity index is 927. The lowest BCUT2D eigenvalue weighted by molar-refractivity contribution is -0.134. The summed E-state index contributed by atoms with van der Waals surface area (Å²) in [7, 11) is 1.77. The smallest absolute Gasteiger partial charge is 0.231 e. The molecule has 6 N–H and O–H groups in total. The summed E-state index contributed by atoms with van der Waals surface area (Å²) in [5.74, 6) is -0.283. The number of likely N-dealkylation sites (N-methyl/N-ethyl adjacent to an activating group) is 1. The molecule has 1 saturated heterocycles. The van der Waals surface area contributed by atoms with Gasteiger partial charge in [-0.1, -0.05) is 30.7 Å². The van der Waals surface area contributed by atoms with E-state index in [0.717, 1.165) is 16.8 Å². The highest BCUT2D eigenvalue weighted by molar-refractivity contribution is 6.30. The molecule has 0 unspecified atom stereocenters.